The highest BCUT2D eigenvalue weighted by Crippen LogP contribution is 2.25. The molecule has 0 radical (unpaired) electrons. The Kier molecular flexibility index (Phi) is 10.9. The van der Waals surface area contributed by atoms with E-state index in [2.05, 4.69) is 15.6 Å². The lowest BCUT2D eigenvalue weighted by Gasteiger charge is -2.18. The van der Waals surface area contributed by atoms with Crippen LogP contribution in [0.2, 0.25) is 0 Å². The first-order valence-electron chi connectivity index (χ1n) is 10.6. The number of nitrogens with one attached hydrogen (secondary N) is 2. The second-order valence-corrected chi connectivity index (χ2v) is 7.36. The van der Waals surface area contributed by atoms with E-state index in [0.717, 1.165) is 36.5 Å². The summed E-state index contributed by atoms with van der Waals surface area (Å²) in [5.74, 6) is 1.42. The second-order valence-electron chi connectivity index (χ2n) is 7.36. The largest absolute Gasteiger partial charge is 0.474 e. The number of pyridine rings is 1. The highest BCUT2D eigenvalue weighted by atomic mass is 127. The third-order valence-corrected chi connectivity index (χ3v) is 5.19. The molecule has 3 rings (SSSR count). The van der Waals surface area contributed by atoms with Gasteiger partial charge in [0.1, 0.15) is 6.10 Å². The van der Waals surface area contributed by atoms with Crippen LogP contribution in [-0.4, -0.2) is 41.9 Å². The first kappa shape index (κ1) is 24.4. The highest BCUT2D eigenvalue weighted by molar-refractivity contribution is 14.0. The van der Waals surface area contributed by atoms with E-state index in [1.54, 1.807) is 6.20 Å². The topological polar surface area (TPSA) is 78.8 Å². The fourth-order valence-corrected chi connectivity index (χ4v) is 3.55. The smallest absolute Gasteiger partial charge is 0.218 e. The Labute approximate surface area is 196 Å². The average Bonchev–Trinajstić information content (AvgIpc) is 3.27. The van der Waals surface area contributed by atoms with Crippen LogP contribution in [-0.2, 0) is 6.54 Å². The monoisotopic (exact) mass is 524 g/mol. The minimum Gasteiger partial charge on any atom is -0.474 e. The third-order valence-electron chi connectivity index (χ3n) is 5.19. The number of aliphatic hydroxyl groups excluding tert-OH is 1. The third kappa shape index (κ3) is 7.43. The van der Waals surface area contributed by atoms with Crippen LogP contribution >= 0.6 is 24.0 Å². The molecule has 1 aliphatic carbocycles. The van der Waals surface area contributed by atoms with E-state index in [1.165, 1.54) is 12.8 Å². The Morgan fingerprint density at radius 3 is 2.63 bits per heavy atom. The Morgan fingerprint density at radius 2 is 1.93 bits per heavy atom. The molecule has 1 atom stereocenters. The molecule has 0 bridgehead atoms. The van der Waals surface area contributed by atoms with E-state index in [-0.39, 0.29) is 42.6 Å². The molecule has 1 unspecified atom stereocenters. The summed E-state index contributed by atoms with van der Waals surface area (Å²) < 4.78 is 6.12. The molecular formula is C23H33IN4O2. The van der Waals surface area contributed by atoms with E-state index in [0.29, 0.717) is 19.0 Å². The predicted molar refractivity (Wildman–Crippen MR) is 132 cm³/mol. The molecule has 0 aliphatic heterocycles. The summed E-state index contributed by atoms with van der Waals surface area (Å²) in [6.45, 7) is 3.97. The molecular weight excluding hydrogens is 491 g/mol. The van der Waals surface area contributed by atoms with Crippen LogP contribution < -0.4 is 15.4 Å². The molecule has 30 heavy (non-hydrogen) atoms. The molecule has 3 N–H and O–H groups in total. The zero-order chi connectivity index (χ0) is 20.3. The number of guanidine groups is 1. The van der Waals surface area contributed by atoms with Crippen molar-refractivity contribution in [2.24, 2.45) is 4.99 Å². The SMILES string of the molecule is CCNC(=NCc1cccnc1OC1CCCC1)NCC(CO)c1ccccc1.I. The zero-order valence-corrected chi connectivity index (χ0v) is 19.9. The van der Waals surface area contributed by atoms with E-state index in [9.17, 15) is 5.11 Å². The number of benzene rings is 1. The van der Waals surface area contributed by atoms with Gasteiger partial charge < -0.3 is 20.5 Å². The maximum Gasteiger partial charge on any atom is 0.218 e. The summed E-state index contributed by atoms with van der Waals surface area (Å²) in [6.07, 6.45) is 6.71. The summed E-state index contributed by atoms with van der Waals surface area (Å²) in [6, 6.07) is 14.0. The lowest BCUT2D eigenvalue weighted by atomic mass is 10.0. The number of aliphatic hydroxyl groups is 1. The molecule has 2 aromatic rings. The Balaban J connectivity index is 0.00000320. The van der Waals surface area contributed by atoms with Crippen molar-refractivity contribution < 1.29 is 9.84 Å². The van der Waals surface area contributed by atoms with E-state index in [1.807, 2.05) is 49.4 Å². The molecule has 164 valence electrons. The minimum atomic E-state index is 0. The molecule has 0 saturated heterocycles. The number of nitrogens with zero attached hydrogens (tertiary/aromatic N) is 2. The van der Waals surface area contributed by atoms with Crippen molar-refractivity contribution >= 4 is 29.9 Å². The van der Waals surface area contributed by atoms with Crippen LogP contribution in [0.15, 0.2) is 53.7 Å². The van der Waals surface area contributed by atoms with Gasteiger partial charge in [0.05, 0.1) is 13.2 Å². The van der Waals surface area contributed by atoms with Crippen LogP contribution in [0.4, 0.5) is 0 Å². The van der Waals surface area contributed by atoms with Crippen LogP contribution in [0.3, 0.4) is 0 Å². The van der Waals surface area contributed by atoms with Crippen molar-refractivity contribution in [2.75, 3.05) is 19.7 Å². The van der Waals surface area contributed by atoms with Crippen molar-refractivity contribution in [1.82, 2.24) is 15.6 Å². The maximum atomic E-state index is 9.78. The van der Waals surface area contributed by atoms with E-state index < -0.39 is 0 Å². The van der Waals surface area contributed by atoms with Crippen LogP contribution in [0.5, 0.6) is 5.88 Å². The first-order chi connectivity index (χ1) is 14.3. The molecule has 1 saturated carbocycles. The molecule has 1 aliphatic rings. The summed E-state index contributed by atoms with van der Waals surface area (Å²) in [5.41, 5.74) is 2.09. The van der Waals surface area contributed by atoms with Gasteiger partial charge in [0.25, 0.3) is 0 Å². The van der Waals surface area contributed by atoms with Gasteiger partial charge in [-0.3, -0.25) is 0 Å². The fraction of sp³-hybridized carbons (Fsp3) is 0.478. The molecule has 0 amide bonds. The predicted octanol–water partition coefficient (Wildman–Crippen LogP) is 3.85. The highest BCUT2D eigenvalue weighted by Gasteiger charge is 2.18. The molecule has 7 heteroatoms. The summed E-state index contributed by atoms with van der Waals surface area (Å²) in [5, 5.41) is 16.4. The number of rotatable bonds is 9. The van der Waals surface area contributed by atoms with Gasteiger partial charge in [-0.2, -0.15) is 0 Å². The van der Waals surface area contributed by atoms with Crippen LogP contribution in [0.25, 0.3) is 0 Å². The number of halogens is 1. The normalized spacial score (nSPS) is 15.3. The number of hydrogen-bond donors (Lipinski definition) is 3. The van der Waals surface area contributed by atoms with Crippen molar-refractivity contribution in [3.05, 3.63) is 59.8 Å². The molecule has 1 aromatic carbocycles. The Hall–Kier alpha value is -1.87. The summed E-state index contributed by atoms with van der Waals surface area (Å²) >= 11 is 0. The van der Waals surface area contributed by atoms with Crippen LogP contribution in [0.1, 0.15) is 49.7 Å². The summed E-state index contributed by atoms with van der Waals surface area (Å²) in [7, 11) is 0. The van der Waals surface area contributed by atoms with Crippen molar-refractivity contribution in [3.8, 4) is 5.88 Å². The fourth-order valence-electron chi connectivity index (χ4n) is 3.55. The number of aliphatic imine (C=N–C) groups is 1. The lowest BCUT2D eigenvalue weighted by Crippen LogP contribution is -2.40. The maximum absolute atomic E-state index is 9.78. The van der Waals surface area contributed by atoms with Gasteiger partial charge in [-0.05, 0) is 44.2 Å². The molecule has 6 nitrogen and oxygen atoms in total. The summed E-state index contributed by atoms with van der Waals surface area (Å²) in [4.78, 5) is 9.14. The van der Waals surface area contributed by atoms with Crippen molar-refractivity contribution in [2.45, 2.75) is 51.2 Å². The van der Waals surface area contributed by atoms with Gasteiger partial charge in [-0.1, -0.05) is 36.4 Å². The van der Waals surface area contributed by atoms with E-state index in [4.69, 9.17) is 9.73 Å². The quantitative estimate of drug-likeness (QED) is 0.264. The molecule has 1 aromatic heterocycles. The lowest BCUT2D eigenvalue weighted by molar-refractivity contribution is 0.199. The van der Waals surface area contributed by atoms with Gasteiger partial charge in [-0.15, -0.1) is 24.0 Å². The molecule has 1 fully saturated rings. The minimum absolute atomic E-state index is 0. The second kappa shape index (κ2) is 13.4. The standard InChI is InChI=1S/C23H32N4O2.HI/c1-2-24-23(27-16-20(17-28)18-9-4-3-5-10-18)26-15-19-11-8-14-25-22(19)29-21-12-6-7-13-21;/h3-5,8-11,14,20-21,28H,2,6-7,12-13,15-17H2,1H3,(H2,24,26,27);1H. The van der Waals surface area contributed by atoms with Gasteiger partial charge in [0.15, 0.2) is 5.96 Å². The van der Waals surface area contributed by atoms with Crippen LogP contribution in [0, 0.1) is 0 Å². The Morgan fingerprint density at radius 1 is 1.17 bits per heavy atom. The van der Waals surface area contributed by atoms with Gasteiger partial charge >= 0.3 is 0 Å². The van der Waals surface area contributed by atoms with Gasteiger partial charge in [-0.25, -0.2) is 9.98 Å². The Bertz CT molecular complexity index is 767. The van der Waals surface area contributed by atoms with Crippen molar-refractivity contribution in [3.63, 3.8) is 0 Å². The molecule has 0 spiro atoms. The van der Waals surface area contributed by atoms with Gasteiger partial charge in [0, 0.05) is 30.8 Å². The molecule has 1 heterocycles. The first-order valence-corrected chi connectivity index (χ1v) is 10.6. The van der Waals surface area contributed by atoms with Gasteiger partial charge in [0.2, 0.25) is 5.88 Å². The number of ether oxygens (including phenoxy) is 1. The number of hydrogen-bond acceptors (Lipinski definition) is 4. The zero-order valence-electron chi connectivity index (χ0n) is 17.6. The van der Waals surface area contributed by atoms with Crippen molar-refractivity contribution in [1.29, 1.82) is 0 Å². The van der Waals surface area contributed by atoms with E-state index >= 15 is 0 Å². The average molecular weight is 524 g/mol. The number of aromatic nitrogens is 1.